The minimum absolute atomic E-state index is 0.478. The van der Waals surface area contributed by atoms with E-state index in [4.69, 9.17) is 0 Å². The molecular formula is C15H30N2. The van der Waals surface area contributed by atoms with Crippen LogP contribution in [0, 0.1) is 11.8 Å². The fraction of sp³-hybridized carbons (Fsp3) is 1.00. The van der Waals surface area contributed by atoms with Gasteiger partial charge in [-0.1, -0.05) is 13.8 Å². The molecule has 0 bridgehead atoms. The monoisotopic (exact) mass is 238 g/mol. The molecule has 2 aliphatic rings. The molecule has 0 aromatic rings. The summed E-state index contributed by atoms with van der Waals surface area (Å²) in [5.74, 6) is 1.84. The highest BCUT2D eigenvalue weighted by Gasteiger charge is 2.45. The first-order valence-electron chi connectivity index (χ1n) is 7.41. The summed E-state index contributed by atoms with van der Waals surface area (Å²) in [6.07, 6.45) is 2.82. The molecule has 0 unspecified atom stereocenters. The molecule has 0 atom stereocenters. The maximum Gasteiger partial charge on any atom is 0.0435 e. The van der Waals surface area contributed by atoms with Gasteiger partial charge in [-0.25, -0.2) is 0 Å². The smallest absolute Gasteiger partial charge is 0.0435 e. The topological polar surface area (TPSA) is 6.48 Å². The third-order valence-electron chi connectivity index (χ3n) is 5.06. The molecule has 0 N–H and O–H groups in total. The van der Waals surface area contributed by atoms with E-state index in [2.05, 4.69) is 44.4 Å². The quantitative estimate of drug-likeness (QED) is 0.746. The molecule has 0 saturated carbocycles. The van der Waals surface area contributed by atoms with Crippen LogP contribution in [0.4, 0.5) is 0 Å². The average molecular weight is 238 g/mol. The third-order valence-corrected chi connectivity index (χ3v) is 5.06. The van der Waals surface area contributed by atoms with Gasteiger partial charge in [0.25, 0.3) is 0 Å². The Hall–Kier alpha value is -0.0800. The van der Waals surface area contributed by atoms with Crippen molar-refractivity contribution in [2.45, 2.75) is 59.0 Å². The van der Waals surface area contributed by atoms with Crippen molar-refractivity contribution in [3.63, 3.8) is 0 Å². The van der Waals surface area contributed by atoms with Gasteiger partial charge in [-0.15, -0.1) is 0 Å². The molecule has 0 radical (unpaired) electrons. The summed E-state index contributed by atoms with van der Waals surface area (Å²) >= 11 is 0. The van der Waals surface area contributed by atoms with E-state index >= 15 is 0 Å². The SMILES string of the molecule is CC(C)C1CCN(C2(C)CN(C(C)C)C2)CC1. The van der Waals surface area contributed by atoms with Gasteiger partial charge in [0, 0.05) is 24.7 Å². The van der Waals surface area contributed by atoms with Crippen molar-refractivity contribution in [1.82, 2.24) is 9.80 Å². The molecule has 2 fully saturated rings. The molecule has 0 aromatic carbocycles. The third kappa shape index (κ3) is 2.68. The Morgan fingerprint density at radius 2 is 1.53 bits per heavy atom. The number of hydrogen-bond acceptors (Lipinski definition) is 2. The molecule has 0 spiro atoms. The summed E-state index contributed by atoms with van der Waals surface area (Å²) in [5, 5.41) is 0. The highest BCUT2D eigenvalue weighted by Crippen LogP contribution is 2.34. The Morgan fingerprint density at radius 1 is 1.00 bits per heavy atom. The van der Waals surface area contributed by atoms with Gasteiger partial charge >= 0.3 is 0 Å². The van der Waals surface area contributed by atoms with Crippen LogP contribution in [0.15, 0.2) is 0 Å². The summed E-state index contributed by atoms with van der Waals surface area (Å²) in [6, 6.07) is 0.719. The van der Waals surface area contributed by atoms with Crippen molar-refractivity contribution in [1.29, 1.82) is 0 Å². The Bertz CT molecular complexity index is 246. The minimum atomic E-state index is 0.478. The fourth-order valence-corrected chi connectivity index (χ4v) is 3.50. The van der Waals surface area contributed by atoms with Crippen LogP contribution in [-0.4, -0.2) is 47.6 Å². The fourth-order valence-electron chi connectivity index (χ4n) is 3.50. The van der Waals surface area contributed by atoms with Gasteiger partial charge in [0.15, 0.2) is 0 Å². The first-order chi connectivity index (χ1) is 7.92. The molecule has 2 rings (SSSR count). The van der Waals surface area contributed by atoms with Crippen molar-refractivity contribution < 1.29 is 0 Å². The maximum absolute atomic E-state index is 2.75. The molecule has 2 nitrogen and oxygen atoms in total. The van der Waals surface area contributed by atoms with Crippen molar-refractivity contribution in [3.05, 3.63) is 0 Å². The number of nitrogens with zero attached hydrogens (tertiary/aromatic N) is 2. The standard InChI is InChI=1S/C15H30N2/c1-12(2)14-6-8-17(9-7-14)15(5)10-16(11-15)13(3)4/h12-14H,6-11H2,1-5H3. The van der Waals surface area contributed by atoms with Gasteiger partial charge < -0.3 is 0 Å². The number of hydrogen-bond donors (Lipinski definition) is 0. The van der Waals surface area contributed by atoms with E-state index in [1.54, 1.807) is 0 Å². The summed E-state index contributed by atoms with van der Waals surface area (Å²) in [7, 11) is 0. The van der Waals surface area contributed by atoms with E-state index in [1.807, 2.05) is 0 Å². The molecule has 100 valence electrons. The first-order valence-corrected chi connectivity index (χ1v) is 7.41. The van der Waals surface area contributed by atoms with Crippen LogP contribution < -0.4 is 0 Å². The lowest BCUT2D eigenvalue weighted by molar-refractivity contribution is -0.0722. The predicted octanol–water partition coefficient (Wildman–Crippen LogP) is 2.84. The highest BCUT2D eigenvalue weighted by atomic mass is 15.4. The maximum atomic E-state index is 2.75. The van der Waals surface area contributed by atoms with Crippen molar-refractivity contribution in [2.24, 2.45) is 11.8 Å². The van der Waals surface area contributed by atoms with Crippen LogP contribution in [0.2, 0.25) is 0 Å². The number of rotatable bonds is 3. The van der Waals surface area contributed by atoms with Crippen LogP contribution in [0.1, 0.15) is 47.5 Å². The normalized spacial score (nSPS) is 27.7. The number of likely N-dealkylation sites (tertiary alicyclic amines) is 2. The van der Waals surface area contributed by atoms with Crippen LogP contribution in [0.25, 0.3) is 0 Å². The van der Waals surface area contributed by atoms with Crippen LogP contribution in [0.5, 0.6) is 0 Å². The summed E-state index contributed by atoms with van der Waals surface area (Å²) in [5.41, 5.74) is 0.478. The van der Waals surface area contributed by atoms with Crippen molar-refractivity contribution in [2.75, 3.05) is 26.2 Å². The van der Waals surface area contributed by atoms with Crippen LogP contribution in [-0.2, 0) is 0 Å². The molecule has 2 aliphatic heterocycles. The van der Waals surface area contributed by atoms with E-state index in [1.165, 1.54) is 39.0 Å². The van der Waals surface area contributed by atoms with Crippen molar-refractivity contribution in [3.8, 4) is 0 Å². The minimum Gasteiger partial charge on any atom is -0.297 e. The molecule has 0 aromatic heterocycles. The zero-order valence-electron chi connectivity index (χ0n) is 12.4. The second-order valence-electron chi connectivity index (χ2n) is 7.06. The Labute approximate surface area is 107 Å². The molecular weight excluding hydrogens is 208 g/mol. The summed E-state index contributed by atoms with van der Waals surface area (Å²) < 4.78 is 0. The van der Waals surface area contributed by atoms with E-state index in [-0.39, 0.29) is 0 Å². The summed E-state index contributed by atoms with van der Waals surface area (Å²) in [4.78, 5) is 5.35. The second kappa shape index (κ2) is 4.89. The Kier molecular flexibility index (Phi) is 3.84. The van der Waals surface area contributed by atoms with E-state index in [9.17, 15) is 0 Å². The van der Waals surface area contributed by atoms with Crippen molar-refractivity contribution >= 4 is 0 Å². The van der Waals surface area contributed by atoms with E-state index in [0.717, 1.165) is 17.9 Å². The van der Waals surface area contributed by atoms with Crippen LogP contribution in [0.3, 0.4) is 0 Å². The Balaban J connectivity index is 1.82. The van der Waals surface area contributed by atoms with E-state index in [0.29, 0.717) is 5.54 Å². The van der Waals surface area contributed by atoms with Gasteiger partial charge in [0.1, 0.15) is 0 Å². The number of piperidine rings is 1. The summed E-state index contributed by atoms with van der Waals surface area (Å²) in [6.45, 7) is 17.0. The lowest BCUT2D eigenvalue weighted by atomic mass is 9.82. The Morgan fingerprint density at radius 3 is 1.94 bits per heavy atom. The molecule has 2 saturated heterocycles. The molecule has 17 heavy (non-hydrogen) atoms. The zero-order chi connectivity index (χ0) is 12.6. The highest BCUT2D eigenvalue weighted by molar-refractivity contribution is 5.02. The molecule has 2 heteroatoms. The predicted molar refractivity (Wildman–Crippen MR) is 74.2 cm³/mol. The van der Waals surface area contributed by atoms with Gasteiger partial charge in [-0.05, 0) is 58.5 Å². The van der Waals surface area contributed by atoms with Gasteiger partial charge in [0.2, 0.25) is 0 Å². The lowest BCUT2D eigenvalue weighted by Gasteiger charge is -2.57. The van der Waals surface area contributed by atoms with Gasteiger partial charge in [0.05, 0.1) is 0 Å². The van der Waals surface area contributed by atoms with Gasteiger partial charge in [-0.2, -0.15) is 0 Å². The second-order valence-corrected chi connectivity index (χ2v) is 7.06. The van der Waals surface area contributed by atoms with Crippen LogP contribution >= 0.6 is 0 Å². The van der Waals surface area contributed by atoms with E-state index < -0.39 is 0 Å². The van der Waals surface area contributed by atoms with Gasteiger partial charge in [-0.3, -0.25) is 9.80 Å². The largest absolute Gasteiger partial charge is 0.297 e. The zero-order valence-corrected chi connectivity index (χ0v) is 12.4. The molecule has 0 aliphatic carbocycles. The first kappa shape index (κ1) is 13.4. The molecule has 2 heterocycles. The lowest BCUT2D eigenvalue weighted by Crippen LogP contribution is -2.70. The molecule has 0 amide bonds. The average Bonchev–Trinajstić information content (AvgIpc) is 2.24.